The maximum atomic E-state index is 13.0. The first-order chi connectivity index (χ1) is 11.1. The molecule has 0 radical (unpaired) electrons. The van der Waals surface area contributed by atoms with E-state index in [1.54, 1.807) is 30.3 Å². The van der Waals surface area contributed by atoms with Crippen LogP contribution in [0.1, 0.15) is 11.5 Å². The van der Waals surface area contributed by atoms with E-state index in [1.807, 2.05) is 30.3 Å². The highest BCUT2D eigenvalue weighted by atomic mass is 32.2. The predicted octanol–water partition coefficient (Wildman–Crippen LogP) is 2.78. The molecule has 1 fully saturated rings. The average molecular weight is 327 g/mol. The predicted molar refractivity (Wildman–Crippen MR) is 86.5 cm³/mol. The Kier molecular flexibility index (Phi) is 3.97. The van der Waals surface area contributed by atoms with Crippen LogP contribution in [0.15, 0.2) is 65.6 Å². The molecule has 2 aromatic carbocycles. The molecule has 118 valence electrons. The summed E-state index contributed by atoms with van der Waals surface area (Å²) in [5.74, 6) is -0.376. The van der Waals surface area contributed by atoms with E-state index in [4.69, 9.17) is 4.74 Å². The van der Waals surface area contributed by atoms with Gasteiger partial charge in [-0.05, 0) is 17.7 Å². The van der Waals surface area contributed by atoms with Gasteiger partial charge in [0.05, 0.1) is 22.8 Å². The molecule has 3 atom stereocenters. The third-order valence-corrected chi connectivity index (χ3v) is 6.70. The van der Waals surface area contributed by atoms with Crippen molar-refractivity contribution in [3.63, 3.8) is 0 Å². The average Bonchev–Trinajstić information content (AvgIpc) is 3.27. The summed E-state index contributed by atoms with van der Waals surface area (Å²) in [5.41, 5.74) is -0.180. The van der Waals surface area contributed by atoms with Crippen LogP contribution in [0.2, 0.25) is 0 Å². The Balaban J connectivity index is 2.08. The molecule has 2 aromatic rings. The van der Waals surface area contributed by atoms with Crippen LogP contribution in [0.3, 0.4) is 0 Å². The normalized spacial score (nSPS) is 26.4. The van der Waals surface area contributed by atoms with Crippen molar-refractivity contribution < 1.29 is 13.2 Å². The quantitative estimate of drug-likeness (QED) is 0.847. The molecule has 0 spiro atoms. The van der Waals surface area contributed by atoms with Crippen molar-refractivity contribution in [2.75, 3.05) is 13.7 Å². The standard InChI is InChI=1S/C18H17NO3S/c1-22-13-18(12-19)16(14-8-4-2-5-9-14)17(18)23(20,21)15-10-6-3-7-11-15/h2-11,16-17H,13H2,1H3/t16-,17+,18+/m1/s1. The maximum absolute atomic E-state index is 13.0. The van der Waals surface area contributed by atoms with Crippen molar-refractivity contribution in [3.05, 3.63) is 66.2 Å². The summed E-state index contributed by atoms with van der Waals surface area (Å²) in [6, 6.07) is 19.8. The number of nitriles is 1. The summed E-state index contributed by atoms with van der Waals surface area (Å²) in [7, 11) is -2.12. The number of hydrogen-bond acceptors (Lipinski definition) is 4. The molecule has 0 saturated heterocycles. The van der Waals surface area contributed by atoms with Gasteiger partial charge in [-0.25, -0.2) is 8.42 Å². The zero-order valence-electron chi connectivity index (χ0n) is 12.7. The molecule has 0 aromatic heterocycles. The Morgan fingerprint density at radius 1 is 1.09 bits per heavy atom. The van der Waals surface area contributed by atoms with Crippen LogP contribution >= 0.6 is 0 Å². The molecule has 0 bridgehead atoms. The Hall–Kier alpha value is -2.16. The number of benzene rings is 2. The molecule has 5 heteroatoms. The van der Waals surface area contributed by atoms with Gasteiger partial charge in [0.1, 0.15) is 5.41 Å². The minimum atomic E-state index is -3.61. The molecule has 0 unspecified atom stereocenters. The molecule has 0 N–H and O–H groups in total. The van der Waals surface area contributed by atoms with Crippen LogP contribution in [-0.2, 0) is 14.6 Å². The Labute approximate surface area is 136 Å². The molecule has 1 saturated carbocycles. The Morgan fingerprint density at radius 2 is 1.65 bits per heavy atom. The second-order valence-corrected chi connectivity index (χ2v) is 7.82. The summed E-state index contributed by atoms with van der Waals surface area (Å²) in [6.45, 7) is 0.0970. The van der Waals surface area contributed by atoms with Crippen LogP contribution in [0.25, 0.3) is 0 Å². The number of ether oxygens (including phenoxy) is 1. The lowest BCUT2D eigenvalue weighted by Gasteiger charge is -2.08. The number of methoxy groups -OCH3 is 1. The number of rotatable bonds is 5. The Morgan fingerprint density at radius 3 is 2.17 bits per heavy atom. The van der Waals surface area contributed by atoms with E-state index in [1.165, 1.54) is 7.11 Å². The van der Waals surface area contributed by atoms with Gasteiger partial charge < -0.3 is 4.74 Å². The molecule has 1 aliphatic rings. The SMILES string of the molecule is COC[C@@]1(C#N)[C@H](c2ccccc2)[C@@H]1S(=O)(=O)c1ccccc1. The first-order valence-corrected chi connectivity index (χ1v) is 8.86. The van der Waals surface area contributed by atoms with Crippen molar-refractivity contribution in [1.29, 1.82) is 5.26 Å². The molecule has 3 rings (SSSR count). The van der Waals surface area contributed by atoms with Crippen LogP contribution in [0, 0.1) is 16.7 Å². The van der Waals surface area contributed by atoms with Crippen LogP contribution in [0.4, 0.5) is 0 Å². The van der Waals surface area contributed by atoms with Gasteiger partial charge in [0.25, 0.3) is 0 Å². The van der Waals surface area contributed by atoms with Crippen LogP contribution < -0.4 is 0 Å². The van der Waals surface area contributed by atoms with Crippen molar-refractivity contribution >= 4 is 9.84 Å². The lowest BCUT2D eigenvalue weighted by Crippen LogP contribution is -2.19. The lowest BCUT2D eigenvalue weighted by atomic mass is 10.0. The molecule has 0 amide bonds. The van der Waals surface area contributed by atoms with Gasteiger partial charge >= 0.3 is 0 Å². The van der Waals surface area contributed by atoms with Gasteiger partial charge in [0.15, 0.2) is 9.84 Å². The molecular weight excluding hydrogens is 310 g/mol. The summed E-state index contributed by atoms with van der Waals surface area (Å²) in [4.78, 5) is 0.249. The first-order valence-electron chi connectivity index (χ1n) is 7.32. The van der Waals surface area contributed by atoms with Crippen molar-refractivity contribution in [3.8, 4) is 6.07 Å². The highest BCUT2D eigenvalue weighted by molar-refractivity contribution is 7.92. The smallest absolute Gasteiger partial charge is 0.183 e. The van der Waals surface area contributed by atoms with Gasteiger partial charge in [-0.2, -0.15) is 5.26 Å². The van der Waals surface area contributed by atoms with Crippen molar-refractivity contribution in [2.45, 2.75) is 16.1 Å². The van der Waals surface area contributed by atoms with Gasteiger partial charge in [-0.15, -0.1) is 0 Å². The van der Waals surface area contributed by atoms with E-state index < -0.39 is 20.5 Å². The van der Waals surface area contributed by atoms with E-state index in [0.29, 0.717) is 0 Å². The van der Waals surface area contributed by atoms with Gasteiger partial charge in [-0.1, -0.05) is 48.5 Å². The minimum absolute atomic E-state index is 0.0970. The third-order valence-electron chi connectivity index (χ3n) is 4.41. The van der Waals surface area contributed by atoms with E-state index in [0.717, 1.165) is 5.56 Å². The van der Waals surface area contributed by atoms with Gasteiger partial charge in [0.2, 0.25) is 0 Å². The number of sulfone groups is 1. The topological polar surface area (TPSA) is 67.2 Å². The minimum Gasteiger partial charge on any atom is -0.383 e. The number of nitrogens with zero attached hydrogens (tertiary/aromatic N) is 1. The second kappa shape index (κ2) is 5.80. The Bertz CT molecular complexity index is 828. The van der Waals surface area contributed by atoms with Gasteiger partial charge in [0, 0.05) is 13.0 Å². The van der Waals surface area contributed by atoms with E-state index in [9.17, 15) is 13.7 Å². The molecule has 4 nitrogen and oxygen atoms in total. The lowest BCUT2D eigenvalue weighted by molar-refractivity contribution is 0.162. The number of hydrogen-bond donors (Lipinski definition) is 0. The second-order valence-electron chi connectivity index (χ2n) is 5.75. The molecular formula is C18H17NO3S. The zero-order valence-corrected chi connectivity index (χ0v) is 13.5. The highest BCUT2D eigenvalue weighted by Gasteiger charge is 2.72. The van der Waals surface area contributed by atoms with Gasteiger partial charge in [-0.3, -0.25) is 0 Å². The van der Waals surface area contributed by atoms with Crippen LogP contribution in [0.5, 0.6) is 0 Å². The largest absolute Gasteiger partial charge is 0.383 e. The summed E-state index contributed by atoms with van der Waals surface area (Å²) < 4.78 is 31.2. The highest BCUT2D eigenvalue weighted by Crippen LogP contribution is 2.63. The van der Waals surface area contributed by atoms with E-state index in [2.05, 4.69) is 6.07 Å². The summed E-state index contributed by atoms with van der Waals surface area (Å²) in [6.07, 6.45) is 0. The van der Waals surface area contributed by atoms with Crippen molar-refractivity contribution in [1.82, 2.24) is 0 Å². The fourth-order valence-corrected chi connectivity index (χ4v) is 5.66. The van der Waals surface area contributed by atoms with E-state index in [-0.39, 0.29) is 17.4 Å². The molecule has 1 aliphatic carbocycles. The fraction of sp³-hybridized carbons (Fsp3) is 0.278. The summed E-state index contributed by atoms with van der Waals surface area (Å²) >= 11 is 0. The maximum Gasteiger partial charge on any atom is 0.183 e. The molecule has 23 heavy (non-hydrogen) atoms. The molecule has 0 heterocycles. The van der Waals surface area contributed by atoms with Crippen molar-refractivity contribution in [2.24, 2.45) is 5.41 Å². The summed E-state index contributed by atoms with van der Waals surface area (Å²) in [5, 5.41) is 8.92. The van der Waals surface area contributed by atoms with E-state index >= 15 is 0 Å². The molecule has 0 aliphatic heterocycles. The third kappa shape index (κ3) is 2.44. The monoisotopic (exact) mass is 327 g/mol. The zero-order chi connectivity index (χ0) is 16.5. The fourth-order valence-electron chi connectivity index (χ4n) is 3.33. The first kappa shape index (κ1) is 15.7. The van der Waals surface area contributed by atoms with Crippen LogP contribution in [-0.4, -0.2) is 27.4 Å².